The molecule has 0 heterocycles. The fourth-order valence-corrected chi connectivity index (χ4v) is 2.67. The zero-order chi connectivity index (χ0) is 13.8. The third-order valence-electron chi connectivity index (χ3n) is 3.94. The second-order valence-corrected chi connectivity index (χ2v) is 5.37. The molecule has 0 bridgehead atoms. The van der Waals surface area contributed by atoms with Crippen LogP contribution in [0.15, 0.2) is 18.2 Å². The minimum atomic E-state index is -0.346. The largest absolute Gasteiger partial charge is 0.504 e. The van der Waals surface area contributed by atoms with Crippen molar-refractivity contribution in [1.29, 1.82) is 0 Å². The summed E-state index contributed by atoms with van der Waals surface area (Å²) in [5.74, 6) is -0.471. The molecule has 1 fully saturated rings. The topological polar surface area (TPSA) is 69.6 Å². The number of carbonyl (C=O) groups excluding carboxylic acids is 1. The van der Waals surface area contributed by atoms with Crippen LogP contribution in [-0.4, -0.2) is 22.2 Å². The molecule has 1 aliphatic carbocycles. The van der Waals surface area contributed by atoms with Gasteiger partial charge in [-0.25, -0.2) is 0 Å². The van der Waals surface area contributed by atoms with Gasteiger partial charge in [0.1, 0.15) is 0 Å². The van der Waals surface area contributed by atoms with Crippen molar-refractivity contribution in [2.45, 2.75) is 45.1 Å². The monoisotopic (exact) mass is 263 g/mol. The third-order valence-corrected chi connectivity index (χ3v) is 3.94. The first kappa shape index (κ1) is 13.7. The molecule has 4 nitrogen and oxygen atoms in total. The average Bonchev–Trinajstić information content (AvgIpc) is 2.58. The lowest BCUT2D eigenvalue weighted by molar-refractivity contribution is 0.0918. The molecule has 1 amide bonds. The van der Waals surface area contributed by atoms with Gasteiger partial charge in [0.15, 0.2) is 11.5 Å². The summed E-state index contributed by atoms with van der Waals surface area (Å²) >= 11 is 0. The van der Waals surface area contributed by atoms with E-state index in [2.05, 4.69) is 12.2 Å². The molecule has 0 aromatic heterocycles. The summed E-state index contributed by atoms with van der Waals surface area (Å²) in [6, 6.07) is 4.59. The Labute approximate surface area is 113 Å². The van der Waals surface area contributed by atoms with Crippen molar-refractivity contribution in [2.75, 3.05) is 0 Å². The SMILES string of the molecule is CC1CCCCCC1NC(=O)c1cccc(O)c1O. The Kier molecular flexibility index (Phi) is 4.30. The normalized spacial score (nSPS) is 23.6. The standard InChI is InChI=1S/C15H21NO3/c1-10-6-3-2-4-8-12(10)16-15(19)11-7-5-9-13(17)14(11)18/h5,7,9-10,12,17-18H,2-4,6,8H2,1H3,(H,16,19). The highest BCUT2D eigenvalue weighted by atomic mass is 16.3. The van der Waals surface area contributed by atoms with Gasteiger partial charge in [0.2, 0.25) is 0 Å². The van der Waals surface area contributed by atoms with Crippen molar-refractivity contribution in [3.8, 4) is 11.5 Å². The lowest BCUT2D eigenvalue weighted by Crippen LogP contribution is -2.38. The lowest BCUT2D eigenvalue weighted by Gasteiger charge is -2.23. The predicted molar refractivity (Wildman–Crippen MR) is 73.3 cm³/mol. The molecule has 0 saturated heterocycles. The molecule has 1 aromatic carbocycles. The minimum Gasteiger partial charge on any atom is -0.504 e. The van der Waals surface area contributed by atoms with Crippen LogP contribution in [0.4, 0.5) is 0 Å². The molecule has 2 atom stereocenters. The van der Waals surface area contributed by atoms with Crippen LogP contribution in [-0.2, 0) is 0 Å². The summed E-state index contributed by atoms with van der Waals surface area (Å²) in [7, 11) is 0. The number of hydrogen-bond acceptors (Lipinski definition) is 3. The Morgan fingerprint density at radius 3 is 2.74 bits per heavy atom. The number of nitrogens with one attached hydrogen (secondary N) is 1. The van der Waals surface area contributed by atoms with Crippen molar-refractivity contribution >= 4 is 5.91 Å². The van der Waals surface area contributed by atoms with E-state index in [4.69, 9.17) is 0 Å². The Morgan fingerprint density at radius 2 is 1.95 bits per heavy atom. The maximum atomic E-state index is 12.2. The van der Waals surface area contributed by atoms with Gasteiger partial charge in [-0.2, -0.15) is 0 Å². The van der Waals surface area contributed by atoms with E-state index in [0.29, 0.717) is 5.92 Å². The number of amides is 1. The van der Waals surface area contributed by atoms with Crippen LogP contribution in [0.3, 0.4) is 0 Å². The summed E-state index contributed by atoms with van der Waals surface area (Å²) in [5, 5.41) is 22.1. The third kappa shape index (κ3) is 3.19. The lowest BCUT2D eigenvalue weighted by atomic mass is 9.96. The number of rotatable bonds is 2. The van der Waals surface area contributed by atoms with Crippen LogP contribution in [0.5, 0.6) is 11.5 Å². The van der Waals surface area contributed by atoms with E-state index in [1.807, 2.05) is 0 Å². The Balaban J connectivity index is 2.09. The Morgan fingerprint density at radius 1 is 1.21 bits per heavy atom. The maximum Gasteiger partial charge on any atom is 0.255 e. The van der Waals surface area contributed by atoms with Crippen LogP contribution >= 0.6 is 0 Å². The van der Waals surface area contributed by atoms with Gasteiger partial charge < -0.3 is 15.5 Å². The van der Waals surface area contributed by atoms with Crippen molar-refractivity contribution in [3.63, 3.8) is 0 Å². The van der Waals surface area contributed by atoms with E-state index in [-0.39, 0.29) is 29.0 Å². The fourth-order valence-electron chi connectivity index (χ4n) is 2.67. The highest BCUT2D eigenvalue weighted by Gasteiger charge is 2.23. The second kappa shape index (κ2) is 5.95. The smallest absolute Gasteiger partial charge is 0.255 e. The zero-order valence-corrected chi connectivity index (χ0v) is 11.2. The molecule has 0 spiro atoms. The van der Waals surface area contributed by atoms with Crippen molar-refractivity contribution in [2.24, 2.45) is 5.92 Å². The summed E-state index contributed by atoms with van der Waals surface area (Å²) in [5.41, 5.74) is 0.136. The van der Waals surface area contributed by atoms with Crippen LogP contribution in [0.25, 0.3) is 0 Å². The first-order valence-corrected chi connectivity index (χ1v) is 6.91. The molecule has 2 unspecified atom stereocenters. The van der Waals surface area contributed by atoms with E-state index in [1.165, 1.54) is 25.0 Å². The highest BCUT2D eigenvalue weighted by molar-refractivity contribution is 5.97. The van der Waals surface area contributed by atoms with Gasteiger partial charge in [0.25, 0.3) is 5.91 Å². The molecule has 1 aromatic rings. The van der Waals surface area contributed by atoms with Gasteiger partial charge in [0.05, 0.1) is 5.56 Å². The average molecular weight is 263 g/mol. The number of benzene rings is 1. The number of para-hydroxylation sites is 1. The molecular formula is C15H21NO3. The molecule has 2 rings (SSSR count). The first-order chi connectivity index (χ1) is 9.09. The maximum absolute atomic E-state index is 12.2. The van der Waals surface area contributed by atoms with E-state index < -0.39 is 0 Å². The zero-order valence-electron chi connectivity index (χ0n) is 11.2. The van der Waals surface area contributed by atoms with Crippen LogP contribution in [0.1, 0.15) is 49.4 Å². The van der Waals surface area contributed by atoms with Gasteiger partial charge >= 0.3 is 0 Å². The van der Waals surface area contributed by atoms with Crippen LogP contribution in [0, 0.1) is 5.92 Å². The highest BCUT2D eigenvalue weighted by Crippen LogP contribution is 2.29. The van der Waals surface area contributed by atoms with Crippen LogP contribution in [0.2, 0.25) is 0 Å². The molecule has 104 valence electrons. The predicted octanol–water partition coefficient (Wildman–Crippen LogP) is 2.80. The number of phenolic OH excluding ortho intramolecular Hbond substituents is 2. The number of carbonyl (C=O) groups is 1. The van der Waals surface area contributed by atoms with Gasteiger partial charge in [0, 0.05) is 6.04 Å². The van der Waals surface area contributed by atoms with Crippen molar-refractivity contribution < 1.29 is 15.0 Å². The van der Waals surface area contributed by atoms with Crippen molar-refractivity contribution in [1.82, 2.24) is 5.32 Å². The first-order valence-electron chi connectivity index (χ1n) is 6.91. The van der Waals surface area contributed by atoms with E-state index in [0.717, 1.165) is 19.3 Å². The summed E-state index contributed by atoms with van der Waals surface area (Å²) in [6.45, 7) is 2.15. The van der Waals surface area contributed by atoms with Crippen molar-refractivity contribution in [3.05, 3.63) is 23.8 Å². The molecule has 19 heavy (non-hydrogen) atoms. The Hall–Kier alpha value is -1.71. The Bertz CT molecular complexity index is 459. The molecule has 4 heteroatoms. The number of hydrogen-bond donors (Lipinski definition) is 3. The second-order valence-electron chi connectivity index (χ2n) is 5.37. The quantitative estimate of drug-likeness (QED) is 0.567. The molecular weight excluding hydrogens is 242 g/mol. The van der Waals surface area contributed by atoms with E-state index in [1.54, 1.807) is 6.07 Å². The minimum absolute atomic E-state index is 0.136. The fraction of sp³-hybridized carbons (Fsp3) is 0.533. The van der Waals surface area contributed by atoms with Gasteiger partial charge in [-0.05, 0) is 30.9 Å². The van der Waals surface area contributed by atoms with Gasteiger partial charge in [-0.1, -0.05) is 32.3 Å². The van der Waals surface area contributed by atoms with E-state index in [9.17, 15) is 15.0 Å². The molecule has 1 saturated carbocycles. The summed E-state index contributed by atoms with van der Waals surface area (Å²) < 4.78 is 0. The summed E-state index contributed by atoms with van der Waals surface area (Å²) in [6.07, 6.45) is 5.66. The number of aromatic hydroxyl groups is 2. The summed E-state index contributed by atoms with van der Waals surface area (Å²) in [4.78, 5) is 12.2. The van der Waals surface area contributed by atoms with Gasteiger partial charge in [-0.3, -0.25) is 4.79 Å². The molecule has 3 N–H and O–H groups in total. The molecule has 1 aliphatic rings. The van der Waals surface area contributed by atoms with E-state index >= 15 is 0 Å². The van der Waals surface area contributed by atoms with Crippen LogP contribution < -0.4 is 5.32 Å². The molecule has 0 aliphatic heterocycles. The number of phenols is 2. The van der Waals surface area contributed by atoms with Gasteiger partial charge in [-0.15, -0.1) is 0 Å². The molecule has 0 radical (unpaired) electrons.